The lowest BCUT2D eigenvalue weighted by atomic mass is 9.89. The van der Waals surface area contributed by atoms with Crippen LogP contribution in [0.15, 0.2) is 35.8 Å². The smallest absolute Gasteiger partial charge is 0.280 e. The molecule has 2 rings (SSSR count). The molecule has 1 heterocycles. The van der Waals surface area contributed by atoms with Crippen molar-refractivity contribution in [3.05, 3.63) is 35.8 Å². The standard InChI is InChI=1S/C10H10O3/c1-6-2-3-9-7(4-6)8(11)5-10(12)13-9/h2-5,7,9,12H,1H3. The van der Waals surface area contributed by atoms with Crippen LogP contribution >= 0.6 is 0 Å². The van der Waals surface area contributed by atoms with Gasteiger partial charge >= 0.3 is 0 Å². The van der Waals surface area contributed by atoms with Gasteiger partial charge in [-0.15, -0.1) is 0 Å². The van der Waals surface area contributed by atoms with Gasteiger partial charge in [-0.1, -0.05) is 17.7 Å². The molecule has 1 N–H and O–H groups in total. The number of rotatable bonds is 0. The van der Waals surface area contributed by atoms with E-state index in [4.69, 9.17) is 9.84 Å². The molecule has 2 unspecified atom stereocenters. The molecule has 0 amide bonds. The zero-order valence-electron chi connectivity index (χ0n) is 7.23. The molecule has 3 nitrogen and oxygen atoms in total. The van der Waals surface area contributed by atoms with Crippen molar-refractivity contribution in [2.45, 2.75) is 13.0 Å². The summed E-state index contributed by atoms with van der Waals surface area (Å²) in [6, 6.07) is 0. The van der Waals surface area contributed by atoms with Crippen molar-refractivity contribution >= 4 is 5.78 Å². The maximum Gasteiger partial charge on any atom is 0.280 e. The van der Waals surface area contributed by atoms with Crippen LogP contribution in [0.2, 0.25) is 0 Å². The summed E-state index contributed by atoms with van der Waals surface area (Å²) in [6.45, 7) is 1.93. The monoisotopic (exact) mass is 178 g/mol. The summed E-state index contributed by atoms with van der Waals surface area (Å²) in [6.07, 6.45) is 6.33. The minimum absolute atomic E-state index is 0.0996. The second-order valence-corrected chi connectivity index (χ2v) is 3.26. The van der Waals surface area contributed by atoms with E-state index in [9.17, 15) is 4.79 Å². The number of aliphatic hydroxyl groups excluding tert-OH is 1. The molecule has 0 radical (unpaired) electrons. The number of allylic oxidation sites excluding steroid dienone is 3. The quantitative estimate of drug-likeness (QED) is 0.611. The first-order chi connectivity index (χ1) is 6.16. The molecule has 0 fully saturated rings. The van der Waals surface area contributed by atoms with Gasteiger partial charge in [0.25, 0.3) is 5.95 Å². The van der Waals surface area contributed by atoms with Crippen LogP contribution < -0.4 is 0 Å². The Bertz CT molecular complexity index is 336. The van der Waals surface area contributed by atoms with Crippen LogP contribution in [0.25, 0.3) is 0 Å². The fourth-order valence-corrected chi connectivity index (χ4v) is 1.55. The van der Waals surface area contributed by atoms with E-state index in [0.717, 1.165) is 11.6 Å². The van der Waals surface area contributed by atoms with E-state index in [1.54, 1.807) is 6.08 Å². The third kappa shape index (κ3) is 1.37. The van der Waals surface area contributed by atoms with E-state index in [-0.39, 0.29) is 23.8 Å². The Labute approximate surface area is 76.0 Å². The lowest BCUT2D eigenvalue weighted by molar-refractivity contribution is -0.123. The van der Waals surface area contributed by atoms with Crippen LogP contribution in [0, 0.1) is 5.92 Å². The highest BCUT2D eigenvalue weighted by Crippen LogP contribution is 2.26. The van der Waals surface area contributed by atoms with E-state index in [2.05, 4.69) is 0 Å². The Morgan fingerprint density at radius 3 is 3.08 bits per heavy atom. The minimum atomic E-state index is -0.332. The number of carbonyl (C=O) groups is 1. The molecule has 2 atom stereocenters. The second kappa shape index (κ2) is 2.76. The molecule has 0 saturated heterocycles. The summed E-state index contributed by atoms with van der Waals surface area (Å²) in [5.41, 5.74) is 1.05. The molecule has 3 heteroatoms. The van der Waals surface area contributed by atoms with Crippen LogP contribution in [0.1, 0.15) is 6.92 Å². The molecule has 0 aromatic rings. The maximum atomic E-state index is 11.4. The second-order valence-electron chi connectivity index (χ2n) is 3.26. The van der Waals surface area contributed by atoms with E-state index >= 15 is 0 Å². The van der Waals surface area contributed by atoms with Gasteiger partial charge in [-0.3, -0.25) is 4.79 Å². The Morgan fingerprint density at radius 1 is 1.54 bits per heavy atom. The molecule has 1 aliphatic carbocycles. The zero-order chi connectivity index (χ0) is 9.42. The van der Waals surface area contributed by atoms with E-state index in [1.165, 1.54) is 0 Å². The molecule has 0 aromatic heterocycles. The molecular weight excluding hydrogens is 168 g/mol. The van der Waals surface area contributed by atoms with Crippen LogP contribution in [0.5, 0.6) is 0 Å². The minimum Gasteiger partial charge on any atom is -0.481 e. The third-order valence-electron chi connectivity index (χ3n) is 2.20. The highest BCUT2D eigenvalue weighted by molar-refractivity contribution is 5.94. The highest BCUT2D eigenvalue weighted by Gasteiger charge is 2.31. The predicted molar refractivity (Wildman–Crippen MR) is 47.0 cm³/mol. The fraction of sp³-hybridized carbons (Fsp3) is 0.300. The summed E-state index contributed by atoms with van der Waals surface area (Å²) < 4.78 is 5.07. The summed E-state index contributed by atoms with van der Waals surface area (Å²) in [5.74, 6) is -0.651. The first kappa shape index (κ1) is 8.10. The van der Waals surface area contributed by atoms with Crippen molar-refractivity contribution in [3.8, 4) is 0 Å². The van der Waals surface area contributed by atoms with E-state index < -0.39 is 0 Å². The Balaban J connectivity index is 2.33. The van der Waals surface area contributed by atoms with Crippen molar-refractivity contribution in [1.29, 1.82) is 0 Å². The van der Waals surface area contributed by atoms with Crippen molar-refractivity contribution in [2.75, 3.05) is 0 Å². The molecule has 0 aromatic carbocycles. The number of hydrogen-bond acceptors (Lipinski definition) is 3. The van der Waals surface area contributed by atoms with Gasteiger partial charge in [-0.05, 0) is 13.0 Å². The topological polar surface area (TPSA) is 46.5 Å². The summed E-state index contributed by atoms with van der Waals surface area (Å²) in [7, 11) is 0. The molecule has 13 heavy (non-hydrogen) atoms. The van der Waals surface area contributed by atoms with Gasteiger partial charge in [0.15, 0.2) is 5.78 Å². The Morgan fingerprint density at radius 2 is 2.31 bits per heavy atom. The van der Waals surface area contributed by atoms with E-state index in [1.807, 2.05) is 19.1 Å². The Kier molecular flexibility index (Phi) is 1.72. The van der Waals surface area contributed by atoms with Gasteiger partial charge in [0, 0.05) is 0 Å². The van der Waals surface area contributed by atoms with Crippen LogP contribution in [0.3, 0.4) is 0 Å². The maximum absolute atomic E-state index is 11.4. The van der Waals surface area contributed by atoms with Crippen LogP contribution in [-0.4, -0.2) is 17.0 Å². The lowest BCUT2D eigenvalue weighted by Crippen LogP contribution is -2.32. The highest BCUT2D eigenvalue weighted by atomic mass is 16.6. The van der Waals surface area contributed by atoms with Gasteiger partial charge < -0.3 is 9.84 Å². The summed E-state index contributed by atoms with van der Waals surface area (Å²) >= 11 is 0. The van der Waals surface area contributed by atoms with Crippen molar-refractivity contribution in [1.82, 2.24) is 0 Å². The van der Waals surface area contributed by atoms with Crippen molar-refractivity contribution in [3.63, 3.8) is 0 Å². The zero-order valence-corrected chi connectivity index (χ0v) is 7.23. The van der Waals surface area contributed by atoms with Gasteiger partial charge in [-0.25, -0.2) is 0 Å². The first-order valence-electron chi connectivity index (χ1n) is 4.14. The number of aliphatic hydroxyl groups is 1. The van der Waals surface area contributed by atoms with Crippen LogP contribution in [-0.2, 0) is 9.53 Å². The third-order valence-corrected chi connectivity index (χ3v) is 2.20. The van der Waals surface area contributed by atoms with Gasteiger partial charge in [0.2, 0.25) is 0 Å². The summed E-state index contributed by atoms with van der Waals surface area (Å²) in [4.78, 5) is 11.4. The normalized spacial score (nSPS) is 31.6. The number of carbonyl (C=O) groups excluding carboxylic acids is 1. The average molecular weight is 178 g/mol. The van der Waals surface area contributed by atoms with E-state index in [0.29, 0.717) is 0 Å². The van der Waals surface area contributed by atoms with Crippen molar-refractivity contribution < 1.29 is 14.6 Å². The molecular formula is C10H10O3. The molecule has 2 aliphatic rings. The fourth-order valence-electron chi connectivity index (χ4n) is 1.55. The van der Waals surface area contributed by atoms with Gasteiger partial charge in [-0.2, -0.15) is 0 Å². The Hall–Kier alpha value is -1.51. The molecule has 0 bridgehead atoms. The molecule has 0 saturated carbocycles. The summed E-state index contributed by atoms with van der Waals surface area (Å²) in [5, 5.41) is 9.05. The average Bonchev–Trinajstić information content (AvgIpc) is 2.06. The SMILES string of the molecule is CC1=CC2C(=O)C=C(O)OC2C=C1. The molecule has 0 spiro atoms. The molecule has 1 aliphatic heterocycles. The number of ether oxygens (including phenoxy) is 1. The molecule has 68 valence electrons. The van der Waals surface area contributed by atoms with Crippen molar-refractivity contribution in [2.24, 2.45) is 5.92 Å². The lowest BCUT2D eigenvalue weighted by Gasteiger charge is -2.27. The first-order valence-corrected chi connectivity index (χ1v) is 4.14. The number of ketones is 1. The largest absolute Gasteiger partial charge is 0.481 e. The van der Waals surface area contributed by atoms with Gasteiger partial charge in [0.05, 0.1) is 12.0 Å². The van der Waals surface area contributed by atoms with Crippen LogP contribution in [0.4, 0.5) is 0 Å². The number of hydrogen-bond donors (Lipinski definition) is 1. The van der Waals surface area contributed by atoms with Gasteiger partial charge in [0.1, 0.15) is 6.10 Å². The number of fused-ring (bicyclic) bond motifs is 1. The predicted octanol–water partition coefficient (Wildman–Crippen LogP) is 1.49.